The van der Waals surface area contributed by atoms with Gasteiger partial charge in [-0.25, -0.2) is 9.18 Å². The molecule has 3 aromatic rings. The predicted molar refractivity (Wildman–Crippen MR) is 116 cm³/mol. The van der Waals surface area contributed by atoms with Gasteiger partial charge in [0.15, 0.2) is 0 Å². The molecule has 156 valence electrons. The van der Waals surface area contributed by atoms with E-state index in [0.29, 0.717) is 29.3 Å². The highest BCUT2D eigenvalue weighted by atomic mass is 35.5. The van der Waals surface area contributed by atoms with Crippen LogP contribution in [0.15, 0.2) is 41.2 Å². The number of nitrogens with zero attached hydrogens (tertiary/aromatic N) is 3. The highest BCUT2D eigenvalue weighted by Crippen LogP contribution is 2.26. The molecule has 2 aromatic carbocycles. The molecule has 0 spiro atoms. The Kier molecular flexibility index (Phi) is 7.46. The lowest BCUT2D eigenvalue weighted by molar-refractivity contribution is 0.1000. The van der Waals surface area contributed by atoms with Crippen molar-refractivity contribution in [3.05, 3.63) is 63.3 Å². The molecule has 0 saturated carbocycles. The number of amides is 1. The Morgan fingerprint density at radius 2 is 1.86 bits per heavy atom. The molecule has 0 atom stereocenters. The van der Waals surface area contributed by atoms with E-state index in [2.05, 4.69) is 4.90 Å². The van der Waals surface area contributed by atoms with Gasteiger partial charge >= 0.3 is 5.69 Å². The fourth-order valence-electron chi connectivity index (χ4n) is 3.33. The molecule has 0 bridgehead atoms. The maximum Gasteiger partial charge on any atom is 0.333 e. The number of fused-ring (bicyclic) bond motifs is 1. The second-order valence-corrected chi connectivity index (χ2v) is 6.85. The van der Waals surface area contributed by atoms with Gasteiger partial charge in [-0.05, 0) is 37.4 Å². The summed E-state index contributed by atoms with van der Waals surface area (Å²) >= 11 is 6.27. The van der Waals surface area contributed by atoms with Crippen molar-refractivity contribution in [2.45, 2.75) is 20.4 Å². The number of primary amides is 1. The number of likely N-dealkylation sites (N-methyl/N-ethyl adjacent to an activating group) is 1. The highest BCUT2D eigenvalue weighted by molar-refractivity contribution is 6.32. The number of hydrogen-bond donors (Lipinski definition) is 1. The monoisotopic (exact) mass is 440 g/mol. The van der Waals surface area contributed by atoms with Crippen LogP contribution in [0.25, 0.3) is 16.7 Å². The summed E-state index contributed by atoms with van der Waals surface area (Å²) in [5.74, 6) is -1.46. The number of halogens is 3. The van der Waals surface area contributed by atoms with Crippen LogP contribution in [0.2, 0.25) is 5.02 Å². The molecular formula is C20H23Cl2FN4O2. The summed E-state index contributed by atoms with van der Waals surface area (Å²) in [6.45, 7) is 6.67. The minimum Gasteiger partial charge on any atom is -0.366 e. The standard InChI is InChI=1S/C20H22ClFN4O2.ClH/c1-3-24(4-2)9-10-25-17-12-13(19(23)27)11-15(22)18(17)26(20(25)28)16-8-6-5-7-14(16)21;/h5-8,11-12H,3-4,9-10H2,1-2H3,(H2,23,27);1H. The number of carbonyl (C=O) groups excluding carboxylic acids is 1. The number of nitrogens with two attached hydrogens (primary N) is 1. The van der Waals surface area contributed by atoms with Crippen LogP contribution in [0, 0.1) is 5.82 Å². The van der Waals surface area contributed by atoms with Gasteiger partial charge in [0.2, 0.25) is 5.91 Å². The number of hydrogen-bond acceptors (Lipinski definition) is 3. The molecule has 9 heteroatoms. The van der Waals surface area contributed by atoms with E-state index in [1.54, 1.807) is 24.3 Å². The first-order valence-corrected chi connectivity index (χ1v) is 9.48. The van der Waals surface area contributed by atoms with Gasteiger partial charge in [0.1, 0.15) is 11.3 Å². The Morgan fingerprint density at radius 3 is 2.45 bits per heavy atom. The quantitative estimate of drug-likeness (QED) is 0.611. The van der Waals surface area contributed by atoms with Crippen LogP contribution in [0.5, 0.6) is 0 Å². The second-order valence-electron chi connectivity index (χ2n) is 6.44. The van der Waals surface area contributed by atoms with E-state index in [9.17, 15) is 14.0 Å². The molecule has 29 heavy (non-hydrogen) atoms. The zero-order chi connectivity index (χ0) is 20.4. The zero-order valence-corrected chi connectivity index (χ0v) is 17.8. The van der Waals surface area contributed by atoms with Gasteiger partial charge < -0.3 is 10.6 Å². The van der Waals surface area contributed by atoms with Gasteiger partial charge in [-0.2, -0.15) is 0 Å². The van der Waals surface area contributed by atoms with Crippen molar-refractivity contribution in [2.24, 2.45) is 5.73 Å². The maximum atomic E-state index is 15.0. The largest absolute Gasteiger partial charge is 0.366 e. The van der Waals surface area contributed by atoms with E-state index in [0.717, 1.165) is 19.2 Å². The van der Waals surface area contributed by atoms with Gasteiger partial charge in [-0.15, -0.1) is 12.4 Å². The normalized spacial score (nSPS) is 11.1. The van der Waals surface area contributed by atoms with Gasteiger partial charge in [0, 0.05) is 18.7 Å². The van der Waals surface area contributed by atoms with Crippen molar-refractivity contribution in [1.29, 1.82) is 0 Å². The molecule has 0 saturated heterocycles. The Balaban J connectivity index is 0.00000300. The number of rotatable bonds is 7. The highest BCUT2D eigenvalue weighted by Gasteiger charge is 2.21. The molecule has 1 amide bonds. The SMILES string of the molecule is CCN(CC)CCn1c(=O)n(-c2ccccc2Cl)c2c(F)cc(C(N)=O)cc21.Cl. The fourth-order valence-corrected chi connectivity index (χ4v) is 3.55. The van der Waals surface area contributed by atoms with Crippen LogP contribution in [-0.2, 0) is 6.54 Å². The molecule has 0 aliphatic heterocycles. The van der Waals surface area contributed by atoms with Crippen LogP contribution in [-0.4, -0.2) is 39.6 Å². The number of imidazole rings is 1. The third kappa shape index (κ3) is 4.32. The van der Waals surface area contributed by atoms with Crippen molar-refractivity contribution in [3.8, 4) is 5.69 Å². The molecule has 1 aromatic heterocycles. The van der Waals surface area contributed by atoms with Crippen LogP contribution < -0.4 is 11.4 Å². The first-order chi connectivity index (χ1) is 13.4. The molecule has 1 heterocycles. The van der Waals surface area contributed by atoms with Crippen LogP contribution >= 0.6 is 24.0 Å². The van der Waals surface area contributed by atoms with Crippen molar-refractivity contribution in [3.63, 3.8) is 0 Å². The van der Waals surface area contributed by atoms with Crippen LogP contribution in [0.4, 0.5) is 4.39 Å². The van der Waals surface area contributed by atoms with Crippen molar-refractivity contribution >= 4 is 40.9 Å². The minimum absolute atomic E-state index is 0. The summed E-state index contributed by atoms with van der Waals surface area (Å²) in [7, 11) is 0. The average Bonchev–Trinajstić information content (AvgIpc) is 2.95. The Labute approximate surface area is 179 Å². The number of para-hydroxylation sites is 1. The van der Waals surface area contributed by atoms with Crippen molar-refractivity contribution < 1.29 is 9.18 Å². The Bertz CT molecular complexity index is 1090. The lowest BCUT2D eigenvalue weighted by Crippen LogP contribution is -2.31. The topological polar surface area (TPSA) is 73.3 Å². The van der Waals surface area contributed by atoms with Crippen molar-refractivity contribution in [1.82, 2.24) is 14.0 Å². The lowest BCUT2D eigenvalue weighted by atomic mass is 10.1. The summed E-state index contributed by atoms with van der Waals surface area (Å²) in [4.78, 5) is 27.0. The smallest absolute Gasteiger partial charge is 0.333 e. The molecule has 3 rings (SSSR count). The van der Waals surface area contributed by atoms with Crippen molar-refractivity contribution in [2.75, 3.05) is 19.6 Å². The number of carbonyl (C=O) groups is 1. The van der Waals surface area contributed by atoms with E-state index < -0.39 is 17.4 Å². The Hall–Kier alpha value is -2.35. The first kappa shape index (κ1) is 22.9. The number of aromatic nitrogens is 2. The first-order valence-electron chi connectivity index (χ1n) is 9.10. The van der Waals surface area contributed by atoms with E-state index in [-0.39, 0.29) is 23.5 Å². The van der Waals surface area contributed by atoms with E-state index in [1.807, 2.05) is 13.8 Å². The van der Waals surface area contributed by atoms with Crippen LogP contribution in [0.3, 0.4) is 0 Å². The Morgan fingerprint density at radius 1 is 1.21 bits per heavy atom. The predicted octanol–water partition coefficient (Wildman–Crippen LogP) is 3.45. The van der Waals surface area contributed by atoms with Gasteiger partial charge in [0.25, 0.3) is 0 Å². The lowest BCUT2D eigenvalue weighted by Gasteiger charge is -2.18. The fraction of sp³-hybridized carbons (Fsp3) is 0.300. The summed E-state index contributed by atoms with van der Waals surface area (Å²) in [5, 5.41) is 0.325. The molecule has 0 fully saturated rings. The third-order valence-electron chi connectivity index (χ3n) is 4.89. The van der Waals surface area contributed by atoms with Gasteiger partial charge in [-0.1, -0.05) is 37.6 Å². The molecule has 0 unspecified atom stereocenters. The maximum absolute atomic E-state index is 15.0. The average molecular weight is 441 g/mol. The third-order valence-corrected chi connectivity index (χ3v) is 5.21. The molecule has 2 N–H and O–H groups in total. The summed E-state index contributed by atoms with van der Waals surface area (Å²) in [6, 6.07) is 9.25. The number of benzene rings is 2. The summed E-state index contributed by atoms with van der Waals surface area (Å²) < 4.78 is 17.7. The molecule has 0 radical (unpaired) electrons. The van der Waals surface area contributed by atoms with E-state index >= 15 is 0 Å². The molecular weight excluding hydrogens is 418 g/mol. The van der Waals surface area contributed by atoms with Gasteiger partial charge in [-0.3, -0.25) is 13.9 Å². The zero-order valence-electron chi connectivity index (χ0n) is 16.2. The van der Waals surface area contributed by atoms with Gasteiger partial charge in [0.05, 0.1) is 16.2 Å². The van der Waals surface area contributed by atoms with E-state index in [4.69, 9.17) is 17.3 Å². The van der Waals surface area contributed by atoms with Crippen LogP contribution in [0.1, 0.15) is 24.2 Å². The second kappa shape index (κ2) is 9.43. The van der Waals surface area contributed by atoms with E-state index in [1.165, 1.54) is 15.2 Å². The molecule has 6 nitrogen and oxygen atoms in total. The minimum atomic E-state index is -0.756. The summed E-state index contributed by atoms with van der Waals surface area (Å²) in [5.41, 5.74) is 5.70. The molecule has 0 aliphatic rings. The molecule has 0 aliphatic carbocycles. The summed E-state index contributed by atoms with van der Waals surface area (Å²) in [6.07, 6.45) is 0.